The van der Waals surface area contributed by atoms with Crippen LogP contribution in [0.4, 0.5) is 10.2 Å². The van der Waals surface area contributed by atoms with Gasteiger partial charge in [0.05, 0.1) is 10.9 Å². The van der Waals surface area contributed by atoms with E-state index in [1.54, 1.807) is 6.20 Å². The van der Waals surface area contributed by atoms with E-state index >= 15 is 4.39 Å². The number of hydrogen-bond acceptors (Lipinski definition) is 7. The van der Waals surface area contributed by atoms with Crippen LogP contribution in [0.5, 0.6) is 6.01 Å². The number of pyridine rings is 1. The van der Waals surface area contributed by atoms with Crippen LogP contribution >= 0.6 is 0 Å². The Morgan fingerprint density at radius 3 is 2.61 bits per heavy atom. The summed E-state index contributed by atoms with van der Waals surface area (Å²) >= 11 is 0. The van der Waals surface area contributed by atoms with E-state index in [1.807, 2.05) is 18.2 Å². The number of piperazine rings is 1. The lowest BCUT2D eigenvalue weighted by Crippen LogP contribution is -2.51. The van der Waals surface area contributed by atoms with Gasteiger partial charge in [0, 0.05) is 36.9 Å². The van der Waals surface area contributed by atoms with Crippen LogP contribution < -0.4 is 15.0 Å². The minimum Gasteiger partial charge on any atom is -0.461 e. The lowest BCUT2D eigenvalue weighted by molar-refractivity contribution is 0.108. The molecule has 1 N–H and O–H groups in total. The molecule has 0 amide bonds. The maximum Gasteiger partial charge on any atom is 0.319 e. The Balaban J connectivity index is 1.31. The van der Waals surface area contributed by atoms with Crippen LogP contribution in [-0.2, 0) is 6.42 Å². The number of aromatic nitrogens is 3. The number of ether oxygens (including phenoxy) is 1. The molecule has 2 bridgehead atoms. The van der Waals surface area contributed by atoms with Crippen LogP contribution in [0.3, 0.4) is 0 Å². The molecule has 4 saturated heterocycles. The molecule has 1 aromatic carbocycles. The molecule has 0 saturated carbocycles. The van der Waals surface area contributed by atoms with E-state index in [0.29, 0.717) is 35.3 Å². The first-order valence-electron chi connectivity index (χ1n) is 14.5. The molecule has 2 aromatic heterocycles. The van der Waals surface area contributed by atoms with Crippen molar-refractivity contribution in [3.05, 3.63) is 41.8 Å². The SMILES string of the molecule is CCCc1ccccc1-c1ncc2c(N3CC4CCC(C3)N4)nc(OCC34CCCN3CCC4)nc2c1F. The summed E-state index contributed by atoms with van der Waals surface area (Å²) in [6.45, 7) is 6.67. The Morgan fingerprint density at radius 2 is 1.84 bits per heavy atom. The molecule has 0 radical (unpaired) electrons. The lowest BCUT2D eigenvalue weighted by Gasteiger charge is -2.34. The van der Waals surface area contributed by atoms with Gasteiger partial charge in [0.25, 0.3) is 0 Å². The van der Waals surface area contributed by atoms with Crippen molar-refractivity contribution in [1.82, 2.24) is 25.2 Å². The zero-order valence-electron chi connectivity index (χ0n) is 22.3. The van der Waals surface area contributed by atoms with Crippen LogP contribution in [-0.4, -0.2) is 70.3 Å². The van der Waals surface area contributed by atoms with Crippen molar-refractivity contribution in [3.63, 3.8) is 0 Å². The Bertz CT molecular complexity index is 1330. The molecule has 38 heavy (non-hydrogen) atoms. The molecule has 8 heteroatoms. The zero-order valence-corrected chi connectivity index (χ0v) is 22.3. The fourth-order valence-corrected chi connectivity index (χ4v) is 7.38. The molecular formula is C30H37FN6O. The molecule has 3 aromatic rings. The van der Waals surface area contributed by atoms with Gasteiger partial charge in [0.15, 0.2) is 5.82 Å². The molecule has 4 fully saturated rings. The molecule has 4 aliphatic heterocycles. The van der Waals surface area contributed by atoms with E-state index in [-0.39, 0.29) is 17.4 Å². The molecule has 0 aliphatic carbocycles. The van der Waals surface area contributed by atoms with Crippen molar-refractivity contribution in [1.29, 1.82) is 0 Å². The largest absolute Gasteiger partial charge is 0.461 e. The third-order valence-electron chi connectivity index (χ3n) is 9.23. The summed E-state index contributed by atoms with van der Waals surface area (Å²) in [5.74, 6) is 0.356. The summed E-state index contributed by atoms with van der Waals surface area (Å²) in [6.07, 6.45) is 10.7. The van der Waals surface area contributed by atoms with Gasteiger partial charge in [0.1, 0.15) is 23.6 Å². The topological polar surface area (TPSA) is 66.4 Å². The van der Waals surface area contributed by atoms with Crippen molar-refractivity contribution in [2.24, 2.45) is 0 Å². The first-order valence-corrected chi connectivity index (χ1v) is 14.5. The second-order valence-electron chi connectivity index (χ2n) is 11.7. The maximum atomic E-state index is 16.4. The first kappa shape index (κ1) is 24.2. The standard InChI is InChI=1S/C30H37FN6O/c1-2-7-20-8-3-4-9-23(20)26-25(31)27-24(16-32-26)28(36-17-21-10-11-22(18-36)33-21)35-29(34-27)38-19-30-12-5-14-37(30)15-6-13-30/h3-4,8-9,16,21-22,33H,2,5-7,10-15,17-19H2,1H3. The summed E-state index contributed by atoms with van der Waals surface area (Å²) in [4.78, 5) is 19.2. The molecule has 7 rings (SSSR count). The molecule has 6 heterocycles. The predicted molar refractivity (Wildman–Crippen MR) is 147 cm³/mol. The third-order valence-corrected chi connectivity index (χ3v) is 9.23. The predicted octanol–water partition coefficient (Wildman–Crippen LogP) is 4.73. The third kappa shape index (κ3) is 4.13. The van der Waals surface area contributed by atoms with E-state index in [9.17, 15) is 0 Å². The minimum atomic E-state index is -0.390. The Kier molecular flexibility index (Phi) is 6.20. The number of anilines is 1. The van der Waals surface area contributed by atoms with Gasteiger partial charge in [0.2, 0.25) is 0 Å². The summed E-state index contributed by atoms with van der Waals surface area (Å²) < 4.78 is 22.7. The summed E-state index contributed by atoms with van der Waals surface area (Å²) in [5, 5.41) is 4.35. The van der Waals surface area contributed by atoms with Gasteiger partial charge in [-0.3, -0.25) is 9.88 Å². The van der Waals surface area contributed by atoms with Crippen molar-refractivity contribution < 1.29 is 9.13 Å². The number of aryl methyl sites for hydroxylation is 1. The molecule has 0 spiro atoms. The number of halogens is 1. The number of fused-ring (bicyclic) bond motifs is 4. The minimum absolute atomic E-state index is 0.0771. The molecule has 2 atom stereocenters. The van der Waals surface area contributed by atoms with Gasteiger partial charge in [-0.25, -0.2) is 4.39 Å². The molecule has 7 nitrogen and oxygen atoms in total. The normalized spacial score (nSPS) is 24.3. The number of hydrogen-bond donors (Lipinski definition) is 1. The fraction of sp³-hybridized carbons (Fsp3) is 0.567. The van der Waals surface area contributed by atoms with Gasteiger partial charge < -0.3 is 15.0 Å². The van der Waals surface area contributed by atoms with E-state index in [0.717, 1.165) is 81.6 Å². The molecule has 4 aliphatic rings. The highest BCUT2D eigenvalue weighted by atomic mass is 19.1. The van der Waals surface area contributed by atoms with Gasteiger partial charge in [-0.05, 0) is 63.6 Å². The number of rotatable bonds is 7. The van der Waals surface area contributed by atoms with Crippen LogP contribution in [0.25, 0.3) is 22.2 Å². The average Bonchev–Trinajstić information content (AvgIpc) is 3.62. The quantitative estimate of drug-likeness (QED) is 0.487. The van der Waals surface area contributed by atoms with E-state index in [4.69, 9.17) is 14.7 Å². The molecular weight excluding hydrogens is 479 g/mol. The second kappa shape index (κ2) is 9.72. The van der Waals surface area contributed by atoms with Gasteiger partial charge in [-0.1, -0.05) is 37.6 Å². The highest BCUT2D eigenvalue weighted by Gasteiger charge is 2.45. The van der Waals surface area contributed by atoms with Gasteiger partial charge in [-0.2, -0.15) is 9.97 Å². The van der Waals surface area contributed by atoms with Crippen LogP contribution in [0.2, 0.25) is 0 Å². The summed E-state index contributed by atoms with van der Waals surface area (Å²) in [5.41, 5.74) is 2.68. The van der Waals surface area contributed by atoms with Crippen molar-refractivity contribution in [3.8, 4) is 17.3 Å². The van der Waals surface area contributed by atoms with E-state index in [1.165, 1.54) is 12.8 Å². The van der Waals surface area contributed by atoms with Crippen molar-refractivity contribution in [2.45, 2.75) is 75.9 Å². The molecule has 2 unspecified atom stereocenters. The van der Waals surface area contributed by atoms with E-state index < -0.39 is 0 Å². The Labute approximate surface area is 223 Å². The Hall–Kier alpha value is -2.84. The average molecular weight is 517 g/mol. The van der Waals surface area contributed by atoms with Gasteiger partial charge >= 0.3 is 6.01 Å². The van der Waals surface area contributed by atoms with Gasteiger partial charge in [-0.15, -0.1) is 0 Å². The Morgan fingerprint density at radius 1 is 1.08 bits per heavy atom. The monoisotopic (exact) mass is 516 g/mol. The first-order chi connectivity index (χ1) is 18.6. The highest BCUT2D eigenvalue weighted by molar-refractivity contribution is 5.92. The van der Waals surface area contributed by atoms with E-state index in [2.05, 4.69) is 33.1 Å². The second-order valence-corrected chi connectivity index (χ2v) is 11.7. The summed E-state index contributed by atoms with van der Waals surface area (Å²) in [6, 6.07) is 9.14. The number of benzene rings is 1. The fourth-order valence-electron chi connectivity index (χ4n) is 7.38. The summed E-state index contributed by atoms with van der Waals surface area (Å²) in [7, 11) is 0. The highest BCUT2D eigenvalue weighted by Crippen LogP contribution is 2.40. The number of nitrogens with zero attached hydrogens (tertiary/aromatic N) is 5. The van der Waals surface area contributed by atoms with Crippen molar-refractivity contribution in [2.75, 3.05) is 37.7 Å². The molecule has 200 valence electrons. The lowest BCUT2D eigenvalue weighted by atomic mass is 9.95. The van der Waals surface area contributed by atoms with Crippen LogP contribution in [0, 0.1) is 5.82 Å². The number of nitrogens with one attached hydrogen (secondary N) is 1. The van der Waals surface area contributed by atoms with Crippen molar-refractivity contribution >= 4 is 16.7 Å². The van der Waals surface area contributed by atoms with Crippen LogP contribution in [0.1, 0.15) is 57.4 Å². The zero-order chi connectivity index (χ0) is 25.7. The smallest absolute Gasteiger partial charge is 0.319 e. The van der Waals surface area contributed by atoms with Crippen LogP contribution in [0.15, 0.2) is 30.5 Å². The maximum absolute atomic E-state index is 16.4.